The van der Waals surface area contributed by atoms with Crippen LogP contribution in [0.1, 0.15) is 91.5 Å². The molecule has 5 nitrogen and oxygen atoms in total. The zero-order chi connectivity index (χ0) is 28.9. The summed E-state index contributed by atoms with van der Waals surface area (Å²) >= 11 is 0. The number of benzene rings is 2. The van der Waals surface area contributed by atoms with Gasteiger partial charge in [-0.2, -0.15) is 0 Å². The lowest BCUT2D eigenvalue weighted by molar-refractivity contribution is 0.0949. The van der Waals surface area contributed by atoms with Crippen LogP contribution in [0.5, 0.6) is 0 Å². The van der Waals surface area contributed by atoms with E-state index in [1.54, 1.807) is 0 Å². The van der Waals surface area contributed by atoms with E-state index in [-0.39, 0.29) is 5.91 Å². The van der Waals surface area contributed by atoms with Crippen LogP contribution in [-0.4, -0.2) is 59.0 Å². The number of carbonyl (C=O) groups is 1. The second kappa shape index (κ2) is 13.4. The lowest BCUT2D eigenvalue weighted by atomic mass is 9.99. The van der Waals surface area contributed by atoms with Gasteiger partial charge in [0.1, 0.15) is 0 Å². The Balaban J connectivity index is 0.981. The van der Waals surface area contributed by atoms with Crippen molar-refractivity contribution in [3.63, 3.8) is 0 Å². The average Bonchev–Trinajstić information content (AvgIpc) is 3.34. The largest absolute Gasteiger partial charge is 0.352 e. The van der Waals surface area contributed by atoms with Crippen molar-refractivity contribution in [2.24, 2.45) is 0 Å². The van der Waals surface area contributed by atoms with Gasteiger partial charge in [-0.3, -0.25) is 9.69 Å². The fourth-order valence-corrected chi connectivity index (χ4v) is 7.26. The molecular formula is C37H48N4O. The molecule has 1 unspecified atom stereocenters. The maximum Gasteiger partial charge on any atom is 0.251 e. The van der Waals surface area contributed by atoms with Gasteiger partial charge in [-0.05, 0) is 101 Å². The van der Waals surface area contributed by atoms with Gasteiger partial charge in [0.15, 0.2) is 0 Å². The molecule has 2 fully saturated rings. The Morgan fingerprint density at radius 3 is 2.64 bits per heavy atom. The van der Waals surface area contributed by atoms with Crippen LogP contribution in [0.2, 0.25) is 0 Å². The van der Waals surface area contributed by atoms with Crippen LogP contribution in [-0.2, 0) is 19.5 Å². The molecule has 2 saturated heterocycles. The Kier molecular flexibility index (Phi) is 9.26. The third-order valence-electron chi connectivity index (χ3n) is 9.72. The van der Waals surface area contributed by atoms with E-state index in [1.807, 2.05) is 12.1 Å². The van der Waals surface area contributed by atoms with Gasteiger partial charge < -0.3 is 14.8 Å². The molecule has 1 N–H and O–H groups in total. The highest BCUT2D eigenvalue weighted by Crippen LogP contribution is 2.32. The lowest BCUT2D eigenvalue weighted by Gasteiger charge is -2.33. The van der Waals surface area contributed by atoms with Crippen molar-refractivity contribution in [2.45, 2.75) is 84.3 Å². The number of allylic oxidation sites excluding steroid dienone is 1. The molecule has 2 aromatic carbocycles. The van der Waals surface area contributed by atoms with E-state index in [2.05, 4.69) is 82.1 Å². The summed E-state index contributed by atoms with van der Waals surface area (Å²) in [6.45, 7) is 11.8. The van der Waals surface area contributed by atoms with E-state index in [4.69, 9.17) is 0 Å². The minimum absolute atomic E-state index is 0.0372. The maximum absolute atomic E-state index is 12.7. The van der Waals surface area contributed by atoms with E-state index in [9.17, 15) is 4.79 Å². The molecule has 5 heteroatoms. The van der Waals surface area contributed by atoms with Gasteiger partial charge in [0.25, 0.3) is 5.91 Å². The Labute approximate surface area is 252 Å². The Bertz CT molecular complexity index is 1440. The molecule has 1 atom stereocenters. The summed E-state index contributed by atoms with van der Waals surface area (Å²) in [5, 5.41) is 4.54. The monoisotopic (exact) mass is 564 g/mol. The summed E-state index contributed by atoms with van der Waals surface area (Å²) in [6.07, 6.45) is 16.5. The summed E-state index contributed by atoms with van der Waals surface area (Å²) in [4.78, 5) is 17.8. The van der Waals surface area contributed by atoms with Crippen molar-refractivity contribution < 1.29 is 4.79 Å². The van der Waals surface area contributed by atoms with Gasteiger partial charge in [-0.15, -0.1) is 0 Å². The van der Waals surface area contributed by atoms with Gasteiger partial charge in [-0.1, -0.05) is 48.4 Å². The number of nitrogens with one attached hydrogen (secondary N) is 1. The average molecular weight is 565 g/mol. The molecule has 1 amide bonds. The number of amides is 1. The van der Waals surface area contributed by atoms with Crippen LogP contribution in [0.15, 0.2) is 54.1 Å². The number of aromatic nitrogens is 1. The molecule has 2 aliphatic heterocycles. The summed E-state index contributed by atoms with van der Waals surface area (Å²) in [6, 6.07) is 15.9. The normalized spacial score (nSPS) is 19.7. The molecule has 0 radical (unpaired) electrons. The number of piperidine rings is 2. The molecule has 1 aromatic heterocycles. The number of hydrogen-bond acceptors (Lipinski definition) is 3. The fourth-order valence-electron chi connectivity index (χ4n) is 7.26. The number of aryl methyl sites for hydroxylation is 1. The zero-order valence-corrected chi connectivity index (χ0v) is 25.7. The number of likely N-dealkylation sites (tertiary alicyclic amines) is 2. The topological polar surface area (TPSA) is 40.5 Å². The Morgan fingerprint density at radius 2 is 1.86 bits per heavy atom. The van der Waals surface area contributed by atoms with Crippen molar-refractivity contribution in [1.29, 1.82) is 0 Å². The first-order valence-electron chi connectivity index (χ1n) is 16.4. The van der Waals surface area contributed by atoms with E-state index in [0.717, 1.165) is 76.9 Å². The van der Waals surface area contributed by atoms with Crippen molar-refractivity contribution in [3.8, 4) is 0 Å². The number of nitrogens with zero attached hydrogens (tertiary/aromatic N) is 3. The predicted molar refractivity (Wildman–Crippen MR) is 176 cm³/mol. The number of hydrogen-bond donors (Lipinski definition) is 1. The SMILES string of the molecule is CCn1c2c(c3cc(CN4CCC(=Cc5ccc(C(=O)NCCCN6CCCCC6C)cc5)CC4)ccc31)C=CCC2. The van der Waals surface area contributed by atoms with E-state index < -0.39 is 0 Å². The van der Waals surface area contributed by atoms with Crippen molar-refractivity contribution >= 4 is 29.0 Å². The smallest absolute Gasteiger partial charge is 0.251 e. The van der Waals surface area contributed by atoms with Crippen LogP contribution in [0.25, 0.3) is 23.1 Å². The molecule has 0 bridgehead atoms. The maximum atomic E-state index is 12.7. The minimum Gasteiger partial charge on any atom is -0.352 e. The Hall–Kier alpha value is -3.15. The molecule has 0 saturated carbocycles. The fraction of sp³-hybridized carbons (Fsp3) is 0.486. The summed E-state index contributed by atoms with van der Waals surface area (Å²) in [5.74, 6) is 0.0372. The first kappa shape index (κ1) is 28.9. The number of fused-ring (bicyclic) bond motifs is 3. The van der Waals surface area contributed by atoms with Gasteiger partial charge in [0.2, 0.25) is 0 Å². The number of carbonyl (C=O) groups excluding carboxylic acids is 1. The minimum atomic E-state index is 0.0372. The van der Waals surface area contributed by atoms with Crippen molar-refractivity contribution in [1.82, 2.24) is 19.7 Å². The highest BCUT2D eigenvalue weighted by molar-refractivity contribution is 5.94. The number of rotatable bonds is 9. The van der Waals surface area contributed by atoms with Gasteiger partial charge >= 0.3 is 0 Å². The third-order valence-corrected chi connectivity index (χ3v) is 9.72. The first-order chi connectivity index (χ1) is 20.6. The molecule has 3 aliphatic rings. The predicted octanol–water partition coefficient (Wildman–Crippen LogP) is 7.29. The zero-order valence-electron chi connectivity index (χ0n) is 25.7. The second-order valence-corrected chi connectivity index (χ2v) is 12.6. The molecular weight excluding hydrogens is 516 g/mol. The van der Waals surface area contributed by atoms with Crippen LogP contribution in [0.3, 0.4) is 0 Å². The van der Waals surface area contributed by atoms with Crippen LogP contribution in [0.4, 0.5) is 0 Å². The molecule has 3 aromatic rings. The van der Waals surface area contributed by atoms with E-state index >= 15 is 0 Å². The molecule has 6 rings (SSSR count). The summed E-state index contributed by atoms with van der Waals surface area (Å²) < 4.78 is 2.51. The standard InChI is InChI=1S/C37H48N4O/c1-3-41-35-11-5-4-10-33(35)34-26-31(14-17-36(34)41)27-39-23-18-30(19-24-39)25-29-12-15-32(16-13-29)37(42)38-20-8-22-40-21-7-6-9-28(40)2/h4,10,12-17,25-26,28H,3,5-9,11,18-24,27H2,1-2H3,(H,38,42). The quantitative estimate of drug-likeness (QED) is 0.277. The molecule has 1 aliphatic carbocycles. The molecule has 222 valence electrons. The third kappa shape index (κ3) is 6.58. The van der Waals surface area contributed by atoms with Crippen molar-refractivity contribution in [2.75, 3.05) is 32.7 Å². The van der Waals surface area contributed by atoms with E-state index in [1.165, 1.54) is 64.7 Å². The van der Waals surface area contributed by atoms with Crippen LogP contribution >= 0.6 is 0 Å². The molecule has 0 spiro atoms. The second-order valence-electron chi connectivity index (χ2n) is 12.6. The summed E-state index contributed by atoms with van der Waals surface area (Å²) in [7, 11) is 0. The van der Waals surface area contributed by atoms with Crippen LogP contribution in [0, 0.1) is 0 Å². The van der Waals surface area contributed by atoms with Crippen LogP contribution < -0.4 is 5.32 Å². The van der Waals surface area contributed by atoms with Gasteiger partial charge in [0.05, 0.1) is 0 Å². The highest BCUT2D eigenvalue weighted by atomic mass is 16.1. The van der Waals surface area contributed by atoms with E-state index in [0.29, 0.717) is 6.04 Å². The summed E-state index contributed by atoms with van der Waals surface area (Å²) in [5.41, 5.74) is 9.19. The molecule has 42 heavy (non-hydrogen) atoms. The highest BCUT2D eigenvalue weighted by Gasteiger charge is 2.19. The van der Waals surface area contributed by atoms with Crippen molar-refractivity contribution in [3.05, 3.63) is 82.1 Å². The lowest BCUT2D eigenvalue weighted by Crippen LogP contribution is -2.39. The first-order valence-corrected chi connectivity index (χ1v) is 16.4. The Morgan fingerprint density at radius 1 is 1.02 bits per heavy atom. The molecule has 3 heterocycles. The van der Waals surface area contributed by atoms with Gasteiger partial charge in [0, 0.05) is 73.0 Å². The van der Waals surface area contributed by atoms with Gasteiger partial charge in [-0.25, -0.2) is 0 Å².